The Morgan fingerprint density at radius 2 is 1.84 bits per heavy atom. The zero-order valence-electron chi connectivity index (χ0n) is 10.1. The highest BCUT2D eigenvalue weighted by Gasteiger charge is 2.43. The van der Waals surface area contributed by atoms with E-state index in [-0.39, 0.29) is 6.54 Å². The summed E-state index contributed by atoms with van der Waals surface area (Å²) in [5, 5.41) is 8.52. The van der Waals surface area contributed by atoms with Crippen molar-refractivity contribution in [3.63, 3.8) is 0 Å². The number of hydrogen-bond donors (Lipinski definition) is 1. The predicted molar refractivity (Wildman–Crippen MR) is 60.0 cm³/mol. The van der Waals surface area contributed by atoms with Crippen molar-refractivity contribution in [3.05, 3.63) is 35.6 Å². The molecule has 1 aromatic carbocycles. The van der Waals surface area contributed by atoms with Gasteiger partial charge in [0.05, 0.1) is 6.42 Å². The van der Waals surface area contributed by atoms with Crippen LogP contribution in [0, 0.1) is 5.82 Å². The zero-order chi connectivity index (χ0) is 14.6. The molecule has 106 valence electrons. The molecule has 1 atom stereocenters. The van der Waals surface area contributed by atoms with Crippen LogP contribution in [0.4, 0.5) is 17.6 Å². The van der Waals surface area contributed by atoms with Gasteiger partial charge in [0, 0.05) is 6.54 Å². The van der Waals surface area contributed by atoms with E-state index in [0.717, 1.165) is 17.0 Å². The Labute approximate surface area is 107 Å². The maximum atomic E-state index is 12.7. The largest absolute Gasteiger partial charge is 0.481 e. The van der Waals surface area contributed by atoms with Gasteiger partial charge < -0.3 is 5.11 Å². The van der Waals surface area contributed by atoms with Crippen molar-refractivity contribution in [1.82, 2.24) is 4.90 Å². The number of benzene rings is 1. The van der Waals surface area contributed by atoms with Gasteiger partial charge in [0.25, 0.3) is 0 Å². The molecular formula is C12H13F4NO2. The van der Waals surface area contributed by atoms with E-state index >= 15 is 0 Å². The van der Waals surface area contributed by atoms with E-state index in [0.29, 0.717) is 5.56 Å². The summed E-state index contributed by atoms with van der Waals surface area (Å²) in [5.41, 5.74) is 0.475. The standard InChI is InChI=1S/C12H13F4NO2/c1-17(7-8-2-4-9(13)5-3-8)10(6-11(18)19)12(14,15)16/h2-5,10H,6-7H2,1H3,(H,18,19). The van der Waals surface area contributed by atoms with Gasteiger partial charge in [-0.2, -0.15) is 13.2 Å². The molecule has 3 nitrogen and oxygen atoms in total. The molecule has 0 radical (unpaired) electrons. The highest BCUT2D eigenvalue weighted by molar-refractivity contribution is 5.67. The predicted octanol–water partition coefficient (Wildman–Crippen LogP) is 2.66. The highest BCUT2D eigenvalue weighted by atomic mass is 19.4. The van der Waals surface area contributed by atoms with Gasteiger partial charge in [-0.05, 0) is 24.7 Å². The number of carboxylic acid groups (broad SMARTS) is 1. The normalized spacial score (nSPS) is 13.6. The molecular weight excluding hydrogens is 266 g/mol. The summed E-state index contributed by atoms with van der Waals surface area (Å²) >= 11 is 0. The molecule has 0 heterocycles. The fraction of sp³-hybridized carbons (Fsp3) is 0.417. The third-order valence-electron chi connectivity index (χ3n) is 2.62. The van der Waals surface area contributed by atoms with E-state index in [9.17, 15) is 22.4 Å². The molecule has 1 unspecified atom stereocenters. The summed E-state index contributed by atoms with van der Waals surface area (Å²) in [6.07, 6.45) is -5.66. The topological polar surface area (TPSA) is 40.5 Å². The Morgan fingerprint density at radius 3 is 2.26 bits per heavy atom. The smallest absolute Gasteiger partial charge is 0.404 e. The van der Waals surface area contributed by atoms with E-state index in [2.05, 4.69) is 0 Å². The molecule has 19 heavy (non-hydrogen) atoms. The van der Waals surface area contributed by atoms with Gasteiger partial charge in [0.2, 0.25) is 0 Å². The van der Waals surface area contributed by atoms with Crippen molar-refractivity contribution < 1.29 is 27.5 Å². The van der Waals surface area contributed by atoms with Gasteiger partial charge in [-0.3, -0.25) is 9.69 Å². The summed E-state index contributed by atoms with van der Waals surface area (Å²) < 4.78 is 50.9. The Bertz CT molecular complexity index is 430. The first-order valence-electron chi connectivity index (χ1n) is 5.43. The van der Waals surface area contributed by atoms with Crippen LogP contribution in [0.3, 0.4) is 0 Å². The quantitative estimate of drug-likeness (QED) is 0.842. The Kier molecular flexibility index (Phi) is 4.88. The van der Waals surface area contributed by atoms with Crippen molar-refractivity contribution in [2.45, 2.75) is 25.2 Å². The van der Waals surface area contributed by atoms with E-state index in [4.69, 9.17) is 5.11 Å². The number of halogens is 4. The van der Waals surface area contributed by atoms with E-state index in [1.54, 1.807) is 0 Å². The minimum atomic E-state index is -4.63. The van der Waals surface area contributed by atoms with Crippen LogP contribution in [0.1, 0.15) is 12.0 Å². The lowest BCUT2D eigenvalue weighted by Crippen LogP contribution is -2.44. The molecule has 0 aliphatic carbocycles. The van der Waals surface area contributed by atoms with Crippen molar-refractivity contribution in [2.24, 2.45) is 0 Å². The van der Waals surface area contributed by atoms with Gasteiger partial charge in [-0.1, -0.05) is 12.1 Å². The molecule has 0 spiro atoms. The molecule has 0 aliphatic rings. The molecule has 0 aromatic heterocycles. The van der Waals surface area contributed by atoms with E-state index in [1.807, 2.05) is 0 Å². The number of alkyl halides is 3. The van der Waals surface area contributed by atoms with Crippen LogP contribution in [0.5, 0.6) is 0 Å². The minimum absolute atomic E-state index is 0.113. The lowest BCUT2D eigenvalue weighted by atomic mass is 10.1. The van der Waals surface area contributed by atoms with Gasteiger partial charge in [0.1, 0.15) is 11.9 Å². The van der Waals surface area contributed by atoms with E-state index in [1.165, 1.54) is 19.2 Å². The lowest BCUT2D eigenvalue weighted by Gasteiger charge is -2.28. The number of rotatable bonds is 5. The average molecular weight is 279 g/mol. The molecule has 0 saturated heterocycles. The highest BCUT2D eigenvalue weighted by Crippen LogP contribution is 2.27. The summed E-state index contributed by atoms with van der Waals surface area (Å²) in [6, 6.07) is 2.93. The molecule has 1 rings (SSSR count). The van der Waals surface area contributed by atoms with Crippen LogP contribution in [-0.2, 0) is 11.3 Å². The van der Waals surface area contributed by atoms with Crippen molar-refractivity contribution >= 4 is 5.97 Å². The molecule has 1 N–H and O–H groups in total. The number of hydrogen-bond acceptors (Lipinski definition) is 2. The Hall–Kier alpha value is -1.63. The number of carbonyl (C=O) groups is 1. The first-order valence-corrected chi connectivity index (χ1v) is 5.43. The van der Waals surface area contributed by atoms with Crippen molar-refractivity contribution in [2.75, 3.05) is 7.05 Å². The number of carboxylic acids is 1. The molecule has 0 saturated carbocycles. The first-order chi connectivity index (χ1) is 8.70. The fourth-order valence-corrected chi connectivity index (χ4v) is 1.67. The van der Waals surface area contributed by atoms with Gasteiger partial charge >= 0.3 is 12.1 Å². The number of nitrogens with zero attached hydrogens (tertiary/aromatic N) is 1. The van der Waals surface area contributed by atoms with Crippen LogP contribution >= 0.6 is 0 Å². The first kappa shape index (κ1) is 15.4. The lowest BCUT2D eigenvalue weighted by molar-refractivity contribution is -0.188. The maximum absolute atomic E-state index is 12.7. The zero-order valence-corrected chi connectivity index (χ0v) is 10.1. The van der Waals surface area contributed by atoms with Gasteiger partial charge in [-0.15, -0.1) is 0 Å². The Balaban J connectivity index is 2.79. The molecule has 0 fully saturated rings. The third kappa shape index (κ3) is 4.86. The monoisotopic (exact) mass is 279 g/mol. The fourth-order valence-electron chi connectivity index (χ4n) is 1.67. The minimum Gasteiger partial charge on any atom is -0.481 e. The van der Waals surface area contributed by atoms with Crippen LogP contribution in [-0.4, -0.2) is 35.2 Å². The van der Waals surface area contributed by atoms with Crippen molar-refractivity contribution in [1.29, 1.82) is 0 Å². The summed E-state index contributed by atoms with van der Waals surface area (Å²) in [6.45, 7) is -0.113. The maximum Gasteiger partial charge on any atom is 0.404 e. The van der Waals surface area contributed by atoms with Crippen LogP contribution < -0.4 is 0 Å². The second-order valence-electron chi connectivity index (χ2n) is 4.20. The summed E-state index contributed by atoms with van der Waals surface area (Å²) in [4.78, 5) is 11.4. The molecule has 0 bridgehead atoms. The third-order valence-corrected chi connectivity index (χ3v) is 2.62. The Morgan fingerprint density at radius 1 is 1.32 bits per heavy atom. The van der Waals surface area contributed by atoms with Crippen LogP contribution in [0.25, 0.3) is 0 Å². The average Bonchev–Trinajstić information content (AvgIpc) is 2.27. The second-order valence-corrected chi connectivity index (χ2v) is 4.20. The molecule has 1 aromatic rings. The molecule has 0 aliphatic heterocycles. The van der Waals surface area contributed by atoms with Crippen LogP contribution in [0.15, 0.2) is 24.3 Å². The van der Waals surface area contributed by atoms with Crippen LogP contribution in [0.2, 0.25) is 0 Å². The van der Waals surface area contributed by atoms with E-state index < -0.39 is 30.4 Å². The second kappa shape index (κ2) is 6.01. The SMILES string of the molecule is CN(Cc1ccc(F)cc1)C(CC(=O)O)C(F)(F)F. The molecule has 7 heteroatoms. The summed E-state index contributed by atoms with van der Waals surface area (Å²) in [7, 11) is 1.18. The number of aliphatic carboxylic acids is 1. The van der Waals surface area contributed by atoms with Gasteiger partial charge in [0.15, 0.2) is 0 Å². The summed E-state index contributed by atoms with van der Waals surface area (Å²) in [5.74, 6) is -2.00. The van der Waals surface area contributed by atoms with Crippen molar-refractivity contribution in [3.8, 4) is 0 Å². The van der Waals surface area contributed by atoms with Gasteiger partial charge in [-0.25, -0.2) is 4.39 Å². The molecule has 0 amide bonds.